The van der Waals surface area contributed by atoms with Crippen LogP contribution in [0.3, 0.4) is 0 Å². The molecule has 1 amide bonds. The largest absolute Gasteiger partial charge is 0.497 e. The molecule has 6 heteroatoms. The standard InChI is InChI=1S/C20H22N2O4/c1-22-12-17(16-5-3-4-6-18(16)22)19(23)11-21-20(24)13-26-15-9-7-14(25-2)8-10-15/h3-10,12,19,23H,11,13H2,1-2H3,(H,21,24). The lowest BCUT2D eigenvalue weighted by molar-refractivity contribution is -0.123. The van der Waals surface area contributed by atoms with Gasteiger partial charge in [0.25, 0.3) is 5.91 Å². The number of hydrogen-bond acceptors (Lipinski definition) is 4. The zero-order valence-corrected chi connectivity index (χ0v) is 14.8. The van der Waals surface area contributed by atoms with Crippen molar-refractivity contribution in [1.82, 2.24) is 9.88 Å². The van der Waals surface area contributed by atoms with Crippen LogP contribution in [0.4, 0.5) is 0 Å². The Balaban J connectivity index is 1.53. The molecule has 0 aliphatic carbocycles. The van der Waals surface area contributed by atoms with Gasteiger partial charge in [0.1, 0.15) is 11.5 Å². The molecule has 3 rings (SSSR count). The van der Waals surface area contributed by atoms with E-state index in [1.807, 2.05) is 42.1 Å². The number of carbonyl (C=O) groups excluding carboxylic acids is 1. The van der Waals surface area contributed by atoms with Crippen molar-refractivity contribution in [2.45, 2.75) is 6.10 Å². The summed E-state index contributed by atoms with van der Waals surface area (Å²) in [6.07, 6.45) is 1.10. The van der Waals surface area contributed by atoms with Gasteiger partial charge in [-0.25, -0.2) is 0 Å². The maximum Gasteiger partial charge on any atom is 0.258 e. The quantitative estimate of drug-likeness (QED) is 0.683. The van der Waals surface area contributed by atoms with Crippen molar-refractivity contribution >= 4 is 16.8 Å². The number of aliphatic hydroxyl groups excluding tert-OH is 1. The van der Waals surface area contributed by atoms with Gasteiger partial charge in [0.15, 0.2) is 6.61 Å². The van der Waals surface area contributed by atoms with Gasteiger partial charge in [-0.15, -0.1) is 0 Å². The Morgan fingerprint density at radius 3 is 2.58 bits per heavy atom. The number of ether oxygens (including phenoxy) is 2. The molecule has 6 nitrogen and oxygen atoms in total. The molecule has 1 atom stereocenters. The maximum atomic E-state index is 12.0. The number of methoxy groups -OCH3 is 1. The van der Waals surface area contributed by atoms with Crippen LogP contribution in [0.25, 0.3) is 10.9 Å². The van der Waals surface area contributed by atoms with Crippen molar-refractivity contribution in [2.24, 2.45) is 7.05 Å². The van der Waals surface area contributed by atoms with Crippen LogP contribution in [0.2, 0.25) is 0 Å². The average Bonchev–Trinajstić information content (AvgIpc) is 3.02. The van der Waals surface area contributed by atoms with Gasteiger partial charge in [0.2, 0.25) is 0 Å². The van der Waals surface area contributed by atoms with Gasteiger partial charge in [-0.3, -0.25) is 4.79 Å². The first kappa shape index (κ1) is 17.8. The number of nitrogens with one attached hydrogen (secondary N) is 1. The molecule has 0 saturated heterocycles. The van der Waals surface area contributed by atoms with E-state index in [9.17, 15) is 9.90 Å². The summed E-state index contributed by atoms with van der Waals surface area (Å²) < 4.78 is 12.5. The Kier molecular flexibility index (Phi) is 5.43. The van der Waals surface area contributed by atoms with E-state index in [0.717, 1.165) is 22.2 Å². The first-order valence-corrected chi connectivity index (χ1v) is 8.34. The number of carbonyl (C=O) groups is 1. The molecule has 26 heavy (non-hydrogen) atoms. The van der Waals surface area contributed by atoms with E-state index in [4.69, 9.17) is 9.47 Å². The summed E-state index contributed by atoms with van der Waals surface area (Å²) in [4.78, 5) is 12.0. The van der Waals surface area contributed by atoms with Gasteiger partial charge in [0.05, 0.1) is 13.2 Å². The lowest BCUT2D eigenvalue weighted by atomic mass is 10.1. The van der Waals surface area contributed by atoms with Crippen LogP contribution in [0.5, 0.6) is 11.5 Å². The number of aryl methyl sites for hydroxylation is 1. The Labute approximate surface area is 152 Å². The van der Waals surface area contributed by atoms with E-state index in [2.05, 4.69) is 5.32 Å². The van der Waals surface area contributed by atoms with Gasteiger partial charge in [0, 0.05) is 36.3 Å². The summed E-state index contributed by atoms with van der Waals surface area (Å²) >= 11 is 0. The molecule has 0 bridgehead atoms. The van der Waals surface area contributed by atoms with Crippen molar-refractivity contribution < 1.29 is 19.4 Å². The van der Waals surface area contributed by atoms with E-state index in [-0.39, 0.29) is 19.1 Å². The smallest absolute Gasteiger partial charge is 0.258 e. The maximum absolute atomic E-state index is 12.0. The molecule has 0 fully saturated rings. The summed E-state index contributed by atoms with van der Waals surface area (Å²) in [5.74, 6) is 1.01. The molecule has 2 aromatic carbocycles. The lowest BCUT2D eigenvalue weighted by Crippen LogP contribution is -2.32. The number of amides is 1. The van der Waals surface area contributed by atoms with Crippen molar-refractivity contribution in [2.75, 3.05) is 20.3 Å². The number of fused-ring (bicyclic) bond motifs is 1. The SMILES string of the molecule is COc1ccc(OCC(=O)NCC(O)c2cn(C)c3ccccc23)cc1. The summed E-state index contributed by atoms with van der Waals surface area (Å²) in [6.45, 7) is 0.00734. The normalized spacial score (nSPS) is 12.0. The lowest BCUT2D eigenvalue weighted by Gasteiger charge is -2.12. The summed E-state index contributed by atoms with van der Waals surface area (Å²) in [6, 6.07) is 14.8. The first-order chi connectivity index (χ1) is 12.6. The summed E-state index contributed by atoms with van der Waals surface area (Å²) in [5.41, 5.74) is 1.83. The molecular weight excluding hydrogens is 332 g/mol. The third kappa shape index (κ3) is 3.97. The fourth-order valence-corrected chi connectivity index (χ4v) is 2.83. The van der Waals surface area contributed by atoms with Crippen LogP contribution in [0.1, 0.15) is 11.7 Å². The van der Waals surface area contributed by atoms with Crippen LogP contribution >= 0.6 is 0 Å². The van der Waals surface area contributed by atoms with E-state index < -0.39 is 6.10 Å². The second-order valence-corrected chi connectivity index (χ2v) is 6.00. The first-order valence-electron chi connectivity index (χ1n) is 8.34. The number of benzene rings is 2. The summed E-state index contributed by atoms with van der Waals surface area (Å²) in [7, 11) is 3.52. The van der Waals surface area contributed by atoms with Crippen LogP contribution in [-0.4, -0.2) is 35.8 Å². The van der Waals surface area contributed by atoms with Crippen molar-refractivity contribution in [3.8, 4) is 11.5 Å². The molecular formula is C20H22N2O4. The Morgan fingerprint density at radius 2 is 1.85 bits per heavy atom. The average molecular weight is 354 g/mol. The highest BCUT2D eigenvalue weighted by Gasteiger charge is 2.15. The predicted molar refractivity (Wildman–Crippen MR) is 99.4 cm³/mol. The number of rotatable bonds is 7. The fraction of sp³-hybridized carbons (Fsp3) is 0.250. The molecule has 2 N–H and O–H groups in total. The highest BCUT2D eigenvalue weighted by atomic mass is 16.5. The Morgan fingerprint density at radius 1 is 1.15 bits per heavy atom. The van der Waals surface area contributed by atoms with Crippen LogP contribution in [-0.2, 0) is 11.8 Å². The topological polar surface area (TPSA) is 72.7 Å². The monoisotopic (exact) mass is 354 g/mol. The number of nitrogens with zero attached hydrogens (tertiary/aromatic N) is 1. The number of para-hydroxylation sites is 1. The molecule has 3 aromatic rings. The molecule has 1 aromatic heterocycles. The summed E-state index contributed by atoms with van der Waals surface area (Å²) in [5, 5.41) is 14.1. The molecule has 0 aliphatic rings. The van der Waals surface area contributed by atoms with Crippen molar-refractivity contribution in [3.63, 3.8) is 0 Å². The van der Waals surface area contributed by atoms with Gasteiger partial charge in [-0.1, -0.05) is 18.2 Å². The third-order valence-electron chi connectivity index (χ3n) is 4.21. The van der Waals surface area contributed by atoms with Gasteiger partial charge in [-0.05, 0) is 30.3 Å². The van der Waals surface area contributed by atoms with E-state index in [1.54, 1.807) is 31.4 Å². The fourth-order valence-electron chi connectivity index (χ4n) is 2.83. The van der Waals surface area contributed by atoms with Gasteiger partial charge >= 0.3 is 0 Å². The van der Waals surface area contributed by atoms with Crippen LogP contribution in [0, 0.1) is 0 Å². The van der Waals surface area contributed by atoms with E-state index >= 15 is 0 Å². The molecule has 0 spiro atoms. The Bertz CT molecular complexity index is 886. The molecule has 0 radical (unpaired) electrons. The second kappa shape index (κ2) is 7.93. The second-order valence-electron chi connectivity index (χ2n) is 6.00. The zero-order valence-electron chi connectivity index (χ0n) is 14.8. The van der Waals surface area contributed by atoms with E-state index in [1.165, 1.54) is 0 Å². The van der Waals surface area contributed by atoms with Crippen LogP contribution in [0.15, 0.2) is 54.7 Å². The highest BCUT2D eigenvalue weighted by molar-refractivity contribution is 5.84. The third-order valence-corrected chi connectivity index (χ3v) is 4.21. The van der Waals surface area contributed by atoms with E-state index in [0.29, 0.717) is 5.75 Å². The van der Waals surface area contributed by atoms with Crippen molar-refractivity contribution in [3.05, 3.63) is 60.3 Å². The number of aromatic nitrogens is 1. The minimum atomic E-state index is -0.786. The zero-order chi connectivity index (χ0) is 18.5. The minimum Gasteiger partial charge on any atom is -0.497 e. The van der Waals surface area contributed by atoms with Gasteiger partial charge in [-0.2, -0.15) is 0 Å². The molecule has 0 aliphatic heterocycles. The number of hydrogen-bond donors (Lipinski definition) is 2. The van der Waals surface area contributed by atoms with Gasteiger partial charge < -0.3 is 24.5 Å². The number of aliphatic hydroxyl groups is 1. The molecule has 0 saturated carbocycles. The molecule has 1 unspecified atom stereocenters. The molecule has 136 valence electrons. The van der Waals surface area contributed by atoms with Crippen molar-refractivity contribution in [1.29, 1.82) is 0 Å². The highest BCUT2D eigenvalue weighted by Crippen LogP contribution is 2.25. The predicted octanol–water partition coefficient (Wildman–Crippen LogP) is 2.42. The van der Waals surface area contributed by atoms with Crippen LogP contribution < -0.4 is 14.8 Å². The Hall–Kier alpha value is -2.99. The minimum absolute atomic E-state index is 0.116. The molecule has 1 heterocycles.